The van der Waals surface area contributed by atoms with E-state index in [1.165, 1.54) is 29.2 Å². The van der Waals surface area contributed by atoms with Crippen LogP contribution >= 0.6 is 11.3 Å². The van der Waals surface area contributed by atoms with Gasteiger partial charge in [-0.05, 0) is 43.2 Å². The molecule has 0 radical (unpaired) electrons. The van der Waals surface area contributed by atoms with Crippen molar-refractivity contribution in [2.75, 3.05) is 4.90 Å². The first-order valence-electron chi connectivity index (χ1n) is 7.02. The van der Waals surface area contributed by atoms with Gasteiger partial charge in [-0.25, -0.2) is 9.78 Å². The number of aryl methyl sites for hydroxylation is 2. The molecule has 1 N–H and O–H groups in total. The summed E-state index contributed by atoms with van der Waals surface area (Å²) in [7, 11) is 0. The number of anilines is 2. The second-order valence-electron chi connectivity index (χ2n) is 5.15. The van der Waals surface area contributed by atoms with Crippen LogP contribution in [0, 0.1) is 25.2 Å². The van der Waals surface area contributed by atoms with Crippen LogP contribution in [-0.4, -0.2) is 22.0 Å². The summed E-state index contributed by atoms with van der Waals surface area (Å²) in [5.74, 6) is -1.52. The Morgan fingerprint density at radius 2 is 2.04 bits per heavy atom. The fraction of sp³-hybridized carbons (Fsp3) is 0.176. The van der Waals surface area contributed by atoms with Gasteiger partial charge in [-0.15, -0.1) is 11.3 Å². The molecule has 0 bridgehead atoms. The van der Waals surface area contributed by atoms with Gasteiger partial charge in [-0.2, -0.15) is 5.26 Å². The number of aromatic nitrogens is 1. The molecule has 1 heterocycles. The van der Waals surface area contributed by atoms with Crippen molar-refractivity contribution in [3.05, 3.63) is 46.0 Å². The van der Waals surface area contributed by atoms with E-state index in [1.54, 1.807) is 11.4 Å². The lowest BCUT2D eigenvalue weighted by Crippen LogP contribution is -2.22. The molecular weight excluding hydrogens is 326 g/mol. The molecule has 0 aliphatic heterocycles. The Morgan fingerprint density at radius 3 is 2.58 bits per heavy atom. The third-order valence-corrected chi connectivity index (χ3v) is 4.25. The van der Waals surface area contributed by atoms with Crippen molar-refractivity contribution in [3.63, 3.8) is 0 Å². The van der Waals surface area contributed by atoms with E-state index in [2.05, 4.69) is 4.98 Å². The maximum Gasteiger partial charge on any atom is 0.346 e. The van der Waals surface area contributed by atoms with Crippen molar-refractivity contribution in [2.45, 2.75) is 20.8 Å². The van der Waals surface area contributed by atoms with Crippen LogP contribution in [0.2, 0.25) is 0 Å². The van der Waals surface area contributed by atoms with Crippen LogP contribution < -0.4 is 4.90 Å². The van der Waals surface area contributed by atoms with Gasteiger partial charge >= 0.3 is 5.97 Å². The van der Waals surface area contributed by atoms with Crippen LogP contribution in [0.1, 0.15) is 23.7 Å². The summed E-state index contributed by atoms with van der Waals surface area (Å²) in [6.45, 7) is 5.38. The Morgan fingerprint density at radius 1 is 1.33 bits per heavy atom. The number of carboxylic acid groups (broad SMARTS) is 1. The number of rotatable bonds is 4. The van der Waals surface area contributed by atoms with Crippen molar-refractivity contribution in [1.82, 2.24) is 4.98 Å². The normalized spacial score (nSPS) is 11.0. The first-order valence-corrected chi connectivity index (χ1v) is 7.90. The molecule has 1 amide bonds. The standard InChI is InChI=1S/C17H15N3O3S/c1-10-4-5-15(6-11(10)2)20(12(3)21)17-19-14(9-24-17)7-13(8-18)16(22)23/h4-7,9H,1-3H3,(H,22,23)/b13-7-. The smallest absolute Gasteiger partial charge is 0.346 e. The van der Waals surface area contributed by atoms with Crippen LogP contribution in [0.15, 0.2) is 29.2 Å². The summed E-state index contributed by atoms with van der Waals surface area (Å²) in [6.07, 6.45) is 1.18. The van der Waals surface area contributed by atoms with E-state index in [9.17, 15) is 9.59 Å². The number of benzene rings is 1. The lowest BCUT2D eigenvalue weighted by molar-refractivity contribution is -0.132. The van der Waals surface area contributed by atoms with Gasteiger partial charge in [0, 0.05) is 12.3 Å². The van der Waals surface area contributed by atoms with Crippen molar-refractivity contribution in [2.24, 2.45) is 0 Å². The molecule has 0 aliphatic rings. The highest BCUT2D eigenvalue weighted by Gasteiger charge is 2.18. The largest absolute Gasteiger partial charge is 0.477 e. The van der Waals surface area contributed by atoms with E-state index < -0.39 is 11.5 Å². The minimum atomic E-state index is -1.32. The molecule has 1 aromatic carbocycles. The summed E-state index contributed by atoms with van der Waals surface area (Å²) in [5, 5.41) is 19.7. The molecule has 0 saturated heterocycles. The lowest BCUT2D eigenvalue weighted by atomic mass is 10.1. The number of hydrogen-bond donors (Lipinski definition) is 1. The summed E-state index contributed by atoms with van der Waals surface area (Å²) >= 11 is 1.20. The molecule has 7 heteroatoms. The minimum Gasteiger partial charge on any atom is -0.477 e. The van der Waals surface area contributed by atoms with Gasteiger partial charge in [0.05, 0.1) is 11.4 Å². The number of nitrogens with zero attached hydrogens (tertiary/aromatic N) is 3. The number of hydrogen-bond acceptors (Lipinski definition) is 5. The second kappa shape index (κ2) is 7.06. The van der Waals surface area contributed by atoms with Gasteiger partial charge in [0.2, 0.25) is 5.91 Å². The van der Waals surface area contributed by atoms with Gasteiger partial charge < -0.3 is 5.11 Å². The lowest BCUT2D eigenvalue weighted by Gasteiger charge is -2.19. The Balaban J connectivity index is 2.44. The SMILES string of the molecule is CC(=O)N(c1ccc(C)c(C)c1)c1nc(/C=C(/C#N)C(=O)O)cs1. The molecule has 2 rings (SSSR count). The van der Waals surface area contributed by atoms with Crippen molar-refractivity contribution >= 4 is 40.1 Å². The highest BCUT2D eigenvalue weighted by atomic mass is 32.1. The molecular formula is C17H15N3O3S. The zero-order chi connectivity index (χ0) is 17.9. The molecule has 0 aliphatic carbocycles. The van der Waals surface area contributed by atoms with Gasteiger partial charge in [-0.1, -0.05) is 6.07 Å². The van der Waals surface area contributed by atoms with E-state index >= 15 is 0 Å². The molecule has 0 saturated carbocycles. The molecule has 24 heavy (non-hydrogen) atoms. The minimum absolute atomic E-state index is 0.207. The molecule has 1 aromatic heterocycles. The second-order valence-corrected chi connectivity index (χ2v) is 5.99. The van der Waals surface area contributed by atoms with Crippen LogP contribution in [0.5, 0.6) is 0 Å². The van der Waals surface area contributed by atoms with Gasteiger partial charge in [0.25, 0.3) is 0 Å². The number of amides is 1. The number of carboxylic acids is 1. The Labute approximate surface area is 143 Å². The Kier molecular flexibility index (Phi) is 5.11. The molecule has 0 atom stereocenters. The fourth-order valence-corrected chi connectivity index (χ4v) is 2.87. The third-order valence-electron chi connectivity index (χ3n) is 3.41. The first kappa shape index (κ1) is 17.4. The zero-order valence-corrected chi connectivity index (χ0v) is 14.2. The van der Waals surface area contributed by atoms with E-state index in [0.717, 1.165) is 11.1 Å². The maximum absolute atomic E-state index is 12.1. The van der Waals surface area contributed by atoms with Crippen molar-refractivity contribution in [1.29, 1.82) is 5.26 Å². The van der Waals surface area contributed by atoms with Gasteiger partial charge in [0.1, 0.15) is 11.6 Å². The van der Waals surface area contributed by atoms with Gasteiger partial charge in [-0.3, -0.25) is 9.69 Å². The molecule has 0 spiro atoms. The summed E-state index contributed by atoms with van der Waals surface area (Å²) in [5.41, 5.74) is 2.77. The van der Waals surface area contributed by atoms with E-state index in [1.807, 2.05) is 32.0 Å². The molecule has 6 nitrogen and oxygen atoms in total. The third kappa shape index (κ3) is 3.67. The van der Waals surface area contributed by atoms with Crippen molar-refractivity contribution < 1.29 is 14.7 Å². The quantitative estimate of drug-likeness (QED) is 0.679. The van der Waals surface area contributed by atoms with E-state index in [-0.39, 0.29) is 5.91 Å². The Hall–Kier alpha value is -2.98. The molecule has 0 fully saturated rings. The molecule has 0 unspecified atom stereocenters. The Bertz CT molecular complexity index is 877. The average Bonchev–Trinajstić information content (AvgIpc) is 2.96. The first-order chi connectivity index (χ1) is 11.3. The maximum atomic E-state index is 12.1. The highest BCUT2D eigenvalue weighted by molar-refractivity contribution is 7.14. The summed E-state index contributed by atoms with van der Waals surface area (Å²) < 4.78 is 0. The predicted octanol–water partition coefficient (Wildman–Crippen LogP) is 3.44. The predicted molar refractivity (Wildman–Crippen MR) is 92.1 cm³/mol. The van der Waals surface area contributed by atoms with Crippen LogP contribution in [-0.2, 0) is 9.59 Å². The number of aliphatic carboxylic acids is 1. The van der Waals surface area contributed by atoms with Crippen LogP contribution in [0.25, 0.3) is 6.08 Å². The molecule has 2 aromatic rings. The zero-order valence-electron chi connectivity index (χ0n) is 13.4. The molecule has 122 valence electrons. The van der Waals surface area contributed by atoms with E-state index in [4.69, 9.17) is 10.4 Å². The monoisotopic (exact) mass is 341 g/mol. The van der Waals surface area contributed by atoms with Crippen LogP contribution in [0.3, 0.4) is 0 Å². The average molecular weight is 341 g/mol. The van der Waals surface area contributed by atoms with E-state index in [0.29, 0.717) is 16.5 Å². The van der Waals surface area contributed by atoms with Crippen LogP contribution in [0.4, 0.5) is 10.8 Å². The topological polar surface area (TPSA) is 94.3 Å². The summed E-state index contributed by atoms with van der Waals surface area (Å²) in [4.78, 5) is 28.7. The number of carbonyl (C=O) groups excluding carboxylic acids is 1. The number of thiazole rings is 1. The number of carbonyl (C=O) groups is 2. The number of nitriles is 1. The fourth-order valence-electron chi connectivity index (χ4n) is 2.03. The summed E-state index contributed by atoms with van der Waals surface area (Å²) in [6, 6.07) is 7.25. The highest BCUT2D eigenvalue weighted by Crippen LogP contribution is 2.30. The van der Waals surface area contributed by atoms with Gasteiger partial charge in [0.15, 0.2) is 5.13 Å². The van der Waals surface area contributed by atoms with Crippen molar-refractivity contribution in [3.8, 4) is 6.07 Å².